The highest BCUT2D eigenvalue weighted by atomic mass is 16.5. The first kappa shape index (κ1) is 18.4. The second kappa shape index (κ2) is 8.81. The van der Waals surface area contributed by atoms with Gasteiger partial charge in [-0.25, -0.2) is 4.79 Å². The van der Waals surface area contributed by atoms with E-state index in [0.29, 0.717) is 18.8 Å². The largest absolute Gasteiger partial charge is 0.466 e. The number of nitrogens with one attached hydrogen (secondary N) is 1. The van der Waals surface area contributed by atoms with Crippen LogP contribution < -0.4 is 5.69 Å². The van der Waals surface area contributed by atoms with E-state index >= 15 is 0 Å². The Kier molecular flexibility index (Phi) is 6.50. The van der Waals surface area contributed by atoms with Crippen LogP contribution in [0.15, 0.2) is 35.1 Å². The third-order valence-corrected chi connectivity index (χ3v) is 3.49. The van der Waals surface area contributed by atoms with Crippen molar-refractivity contribution < 1.29 is 14.3 Å². The van der Waals surface area contributed by atoms with Crippen LogP contribution in [-0.4, -0.2) is 51.2 Å². The Hall–Kier alpha value is -2.90. The maximum absolute atomic E-state index is 12.6. The number of nitrogens with zero attached hydrogens (tertiary/aromatic N) is 3. The number of para-hydroxylation sites is 1. The van der Waals surface area contributed by atoms with Gasteiger partial charge in [-0.3, -0.25) is 14.6 Å². The van der Waals surface area contributed by atoms with Crippen molar-refractivity contribution in [1.82, 2.24) is 19.7 Å². The number of carbonyl (C=O) groups excluding carboxylic acids is 2. The van der Waals surface area contributed by atoms with Gasteiger partial charge in [0.15, 0.2) is 0 Å². The second-order valence-corrected chi connectivity index (χ2v) is 5.37. The number of aromatic amines is 1. The van der Waals surface area contributed by atoms with Crippen molar-refractivity contribution in [2.45, 2.75) is 26.7 Å². The molecule has 1 heterocycles. The Bertz CT molecular complexity index is 766. The number of H-pyrrole nitrogens is 1. The molecule has 0 aliphatic rings. The van der Waals surface area contributed by atoms with Crippen LogP contribution in [0.4, 0.5) is 0 Å². The van der Waals surface area contributed by atoms with Crippen molar-refractivity contribution in [2.75, 3.05) is 19.7 Å². The predicted octanol–water partition coefficient (Wildman–Crippen LogP) is 1.37. The highest BCUT2D eigenvalue weighted by Gasteiger charge is 2.21. The van der Waals surface area contributed by atoms with Gasteiger partial charge >= 0.3 is 11.7 Å². The normalized spacial score (nSPS) is 10.5. The quantitative estimate of drug-likeness (QED) is 0.728. The van der Waals surface area contributed by atoms with Crippen LogP contribution in [0.3, 0.4) is 0 Å². The Balaban J connectivity index is 2.16. The lowest BCUT2D eigenvalue weighted by Gasteiger charge is -2.20. The summed E-state index contributed by atoms with van der Waals surface area (Å²) in [5, 5.41) is 4.09. The van der Waals surface area contributed by atoms with E-state index in [4.69, 9.17) is 4.74 Å². The van der Waals surface area contributed by atoms with E-state index in [1.165, 1.54) is 4.90 Å². The molecular weight excluding hydrogens is 324 g/mol. The van der Waals surface area contributed by atoms with Crippen LogP contribution >= 0.6 is 0 Å². The number of ether oxygens (including phenoxy) is 1. The van der Waals surface area contributed by atoms with Crippen molar-refractivity contribution in [1.29, 1.82) is 0 Å². The molecule has 1 aromatic carbocycles. The average Bonchev–Trinajstić information content (AvgIpc) is 3.01. The molecule has 134 valence electrons. The van der Waals surface area contributed by atoms with E-state index in [-0.39, 0.29) is 24.8 Å². The Morgan fingerprint density at radius 1 is 1.20 bits per heavy atom. The van der Waals surface area contributed by atoms with Gasteiger partial charge in [0.05, 0.1) is 18.7 Å². The Morgan fingerprint density at radius 2 is 1.92 bits per heavy atom. The molecule has 0 spiro atoms. The third-order valence-electron chi connectivity index (χ3n) is 3.49. The van der Waals surface area contributed by atoms with Gasteiger partial charge in [0, 0.05) is 13.1 Å². The summed E-state index contributed by atoms with van der Waals surface area (Å²) < 4.78 is 6.02. The maximum atomic E-state index is 12.6. The Morgan fingerprint density at radius 3 is 2.56 bits per heavy atom. The first-order valence-corrected chi connectivity index (χ1v) is 8.26. The number of hydrogen-bond donors (Lipinski definition) is 1. The molecule has 2 aromatic rings. The molecule has 0 aliphatic heterocycles. The van der Waals surface area contributed by atoms with Gasteiger partial charge in [0.2, 0.25) is 5.82 Å². The molecule has 1 aromatic heterocycles. The fraction of sp³-hybridized carbons (Fsp3) is 0.412. The van der Waals surface area contributed by atoms with E-state index in [9.17, 15) is 14.4 Å². The summed E-state index contributed by atoms with van der Waals surface area (Å²) in [6, 6.07) is 8.83. The first-order valence-electron chi connectivity index (χ1n) is 8.26. The zero-order valence-electron chi connectivity index (χ0n) is 14.4. The van der Waals surface area contributed by atoms with E-state index in [2.05, 4.69) is 10.1 Å². The molecule has 0 saturated carbocycles. The van der Waals surface area contributed by atoms with Crippen molar-refractivity contribution in [3.8, 4) is 5.69 Å². The third kappa shape index (κ3) is 4.79. The summed E-state index contributed by atoms with van der Waals surface area (Å²) in [4.78, 5) is 40.2. The minimum atomic E-state index is -0.489. The fourth-order valence-electron chi connectivity index (χ4n) is 2.36. The van der Waals surface area contributed by atoms with E-state index in [1.54, 1.807) is 31.2 Å². The second-order valence-electron chi connectivity index (χ2n) is 5.37. The van der Waals surface area contributed by atoms with Crippen molar-refractivity contribution in [2.24, 2.45) is 0 Å². The van der Waals surface area contributed by atoms with E-state index in [0.717, 1.165) is 11.1 Å². The number of benzene rings is 1. The summed E-state index contributed by atoms with van der Waals surface area (Å²) in [5.74, 6) is -0.830. The minimum absolute atomic E-state index is 0.0499. The van der Waals surface area contributed by atoms with Gasteiger partial charge in [-0.1, -0.05) is 25.1 Å². The molecule has 0 atom stereocenters. The molecule has 2 rings (SSSR count). The van der Waals surface area contributed by atoms with Gasteiger partial charge in [-0.15, -0.1) is 5.10 Å². The molecule has 0 unspecified atom stereocenters. The predicted molar refractivity (Wildman–Crippen MR) is 91.6 cm³/mol. The van der Waals surface area contributed by atoms with Crippen LogP contribution in [0.5, 0.6) is 0 Å². The van der Waals surface area contributed by atoms with Crippen molar-refractivity contribution in [3.63, 3.8) is 0 Å². The molecule has 0 radical (unpaired) electrons. The molecule has 0 bridgehead atoms. The van der Waals surface area contributed by atoms with Crippen LogP contribution in [0.2, 0.25) is 0 Å². The summed E-state index contributed by atoms with van der Waals surface area (Å²) in [7, 11) is 0. The highest BCUT2D eigenvalue weighted by molar-refractivity contribution is 5.90. The number of esters is 1. The molecule has 25 heavy (non-hydrogen) atoms. The number of rotatable bonds is 8. The lowest BCUT2D eigenvalue weighted by molar-refractivity contribution is -0.143. The SMILES string of the molecule is CCCN(CCC(=O)OCC)C(=O)c1nn(-c2ccccc2)c(=O)[nH]1. The number of carbonyl (C=O) groups is 2. The van der Waals surface area contributed by atoms with E-state index < -0.39 is 11.6 Å². The molecule has 8 heteroatoms. The molecule has 1 amide bonds. The molecule has 0 aliphatic carbocycles. The fourth-order valence-corrected chi connectivity index (χ4v) is 2.36. The number of amides is 1. The maximum Gasteiger partial charge on any atom is 0.348 e. The molecule has 8 nitrogen and oxygen atoms in total. The van der Waals surface area contributed by atoms with Crippen LogP contribution in [-0.2, 0) is 9.53 Å². The standard InChI is InChI=1S/C17H22N4O4/c1-3-11-20(12-10-14(22)25-4-2)16(23)15-18-17(24)21(19-15)13-8-6-5-7-9-13/h5-9H,3-4,10-12H2,1-2H3,(H,18,19,24). The van der Waals surface area contributed by atoms with Crippen LogP contribution in [0, 0.1) is 0 Å². The van der Waals surface area contributed by atoms with Gasteiger partial charge in [0.1, 0.15) is 0 Å². The smallest absolute Gasteiger partial charge is 0.348 e. The summed E-state index contributed by atoms with van der Waals surface area (Å²) >= 11 is 0. The highest BCUT2D eigenvalue weighted by Crippen LogP contribution is 2.05. The summed E-state index contributed by atoms with van der Waals surface area (Å²) in [5.41, 5.74) is 0.0766. The number of hydrogen-bond acceptors (Lipinski definition) is 5. The monoisotopic (exact) mass is 346 g/mol. The average molecular weight is 346 g/mol. The van der Waals surface area contributed by atoms with Gasteiger partial charge < -0.3 is 9.64 Å². The van der Waals surface area contributed by atoms with Gasteiger partial charge in [-0.05, 0) is 25.5 Å². The van der Waals surface area contributed by atoms with Gasteiger partial charge in [-0.2, -0.15) is 4.68 Å². The lowest BCUT2D eigenvalue weighted by atomic mass is 10.3. The van der Waals surface area contributed by atoms with Crippen molar-refractivity contribution >= 4 is 11.9 Å². The lowest BCUT2D eigenvalue weighted by Crippen LogP contribution is -2.34. The molecule has 1 N–H and O–H groups in total. The minimum Gasteiger partial charge on any atom is -0.466 e. The zero-order valence-corrected chi connectivity index (χ0v) is 14.4. The topological polar surface area (TPSA) is 97.3 Å². The molecular formula is C17H22N4O4. The molecule has 0 fully saturated rings. The Labute approximate surface area is 145 Å². The number of aromatic nitrogens is 3. The summed E-state index contributed by atoms with van der Waals surface area (Å²) in [6.07, 6.45) is 0.821. The van der Waals surface area contributed by atoms with Crippen LogP contribution in [0.25, 0.3) is 5.69 Å². The van der Waals surface area contributed by atoms with E-state index in [1.807, 2.05) is 13.0 Å². The molecule has 0 saturated heterocycles. The first-order chi connectivity index (χ1) is 12.1. The summed E-state index contributed by atoms with van der Waals surface area (Å²) in [6.45, 7) is 4.63. The van der Waals surface area contributed by atoms with Crippen molar-refractivity contribution in [3.05, 3.63) is 46.6 Å². The zero-order chi connectivity index (χ0) is 18.2. The van der Waals surface area contributed by atoms with Gasteiger partial charge in [0.25, 0.3) is 5.91 Å². The van der Waals surface area contributed by atoms with Crippen LogP contribution in [0.1, 0.15) is 37.3 Å².